The van der Waals surface area contributed by atoms with Crippen LogP contribution in [0.3, 0.4) is 0 Å². The van der Waals surface area contributed by atoms with Crippen molar-refractivity contribution in [1.82, 2.24) is 4.90 Å². The first-order valence-corrected chi connectivity index (χ1v) is 13.9. The van der Waals surface area contributed by atoms with Crippen molar-refractivity contribution < 1.29 is 9.47 Å². The Hall–Kier alpha value is -2.82. The summed E-state index contributed by atoms with van der Waals surface area (Å²) in [5.74, 6) is 1.68. The van der Waals surface area contributed by atoms with Gasteiger partial charge in [0.15, 0.2) is 0 Å². The fourth-order valence-electron chi connectivity index (χ4n) is 6.00. The zero-order valence-electron chi connectivity index (χ0n) is 22.9. The topological polar surface area (TPSA) is 47.7 Å². The molecule has 0 amide bonds. The molecule has 1 saturated heterocycles. The van der Waals surface area contributed by atoms with Gasteiger partial charge in [-0.3, -0.25) is 0 Å². The van der Waals surface area contributed by atoms with Crippen molar-refractivity contribution in [2.24, 2.45) is 5.92 Å². The minimum atomic E-state index is -0.156. The third kappa shape index (κ3) is 5.56. The summed E-state index contributed by atoms with van der Waals surface area (Å²) >= 11 is 0. The van der Waals surface area contributed by atoms with Gasteiger partial charge in [-0.1, -0.05) is 60.7 Å². The maximum atomic E-state index is 6.60. The molecule has 0 saturated carbocycles. The summed E-state index contributed by atoms with van der Waals surface area (Å²) in [6.07, 6.45) is 4.34. The zero-order valence-corrected chi connectivity index (χ0v) is 22.9. The van der Waals surface area contributed by atoms with Gasteiger partial charge in [0.25, 0.3) is 0 Å². The summed E-state index contributed by atoms with van der Waals surface area (Å²) in [6.45, 7) is 12.8. The maximum absolute atomic E-state index is 6.60. The molecule has 4 heteroatoms. The molecular weight excluding hydrogens is 456 g/mol. The highest BCUT2D eigenvalue weighted by atomic mass is 16.5. The first-order chi connectivity index (χ1) is 17.8. The van der Waals surface area contributed by atoms with Crippen LogP contribution in [-0.4, -0.2) is 36.7 Å². The standard InChI is InChI=1S/C33H42N2O2/c1-23-24(2)31-29(25(3)30(23)34)21-33(4,37-31)17-20-35-18-15-26(16-19-35)22-36-32(27-11-7-5-8-12-27)28-13-9-6-10-14-28/h5-14,26,32H,15-22,34H2,1-4H3. The second-order valence-electron chi connectivity index (χ2n) is 11.4. The molecule has 1 fully saturated rings. The Morgan fingerprint density at radius 2 is 1.51 bits per heavy atom. The van der Waals surface area contributed by atoms with E-state index in [1.165, 1.54) is 40.7 Å². The Labute approximate surface area is 222 Å². The Bertz CT molecular complexity index is 1120. The van der Waals surface area contributed by atoms with Crippen LogP contribution < -0.4 is 10.5 Å². The first-order valence-electron chi connectivity index (χ1n) is 13.9. The third-order valence-corrected chi connectivity index (χ3v) is 8.70. The Kier molecular flexibility index (Phi) is 7.60. The van der Waals surface area contributed by atoms with Crippen LogP contribution in [0.5, 0.6) is 5.75 Å². The number of piperidine rings is 1. The van der Waals surface area contributed by atoms with Crippen LogP contribution in [0.15, 0.2) is 60.7 Å². The van der Waals surface area contributed by atoms with E-state index in [9.17, 15) is 0 Å². The molecule has 196 valence electrons. The number of hydrogen-bond donors (Lipinski definition) is 1. The van der Waals surface area contributed by atoms with Gasteiger partial charge in [-0.15, -0.1) is 0 Å². The van der Waals surface area contributed by atoms with Crippen LogP contribution in [0.25, 0.3) is 0 Å². The van der Waals surface area contributed by atoms with Gasteiger partial charge < -0.3 is 20.1 Å². The van der Waals surface area contributed by atoms with E-state index in [-0.39, 0.29) is 11.7 Å². The van der Waals surface area contributed by atoms with Crippen molar-refractivity contribution in [3.05, 3.63) is 94.0 Å². The van der Waals surface area contributed by atoms with Gasteiger partial charge in [0, 0.05) is 24.2 Å². The molecule has 3 aromatic rings. The molecule has 1 atom stereocenters. The van der Waals surface area contributed by atoms with Crippen LogP contribution in [0, 0.1) is 26.7 Å². The summed E-state index contributed by atoms with van der Waals surface area (Å²) in [4.78, 5) is 2.61. The molecule has 5 rings (SSSR count). The molecule has 1 unspecified atom stereocenters. The maximum Gasteiger partial charge on any atom is 0.127 e. The second-order valence-corrected chi connectivity index (χ2v) is 11.4. The number of hydrogen-bond acceptors (Lipinski definition) is 4. The van der Waals surface area contributed by atoms with Gasteiger partial charge in [-0.05, 0) is 93.8 Å². The lowest BCUT2D eigenvalue weighted by Crippen LogP contribution is -2.40. The second kappa shape index (κ2) is 10.9. The molecule has 3 aromatic carbocycles. The molecule has 0 aliphatic carbocycles. The highest BCUT2D eigenvalue weighted by Gasteiger charge is 2.38. The fraction of sp³-hybridized carbons (Fsp3) is 0.455. The van der Waals surface area contributed by atoms with E-state index in [0.29, 0.717) is 5.92 Å². The lowest BCUT2D eigenvalue weighted by Gasteiger charge is -2.34. The predicted molar refractivity (Wildman–Crippen MR) is 152 cm³/mol. The van der Waals surface area contributed by atoms with E-state index in [1.807, 2.05) is 0 Å². The van der Waals surface area contributed by atoms with E-state index in [4.69, 9.17) is 15.2 Å². The van der Waals surface area contributed by atoms with Gasteiger partial charge in [0.05, 0.1) is 6.61 Å². The zero-order chi connectivity index (χ0) is 26.0. The van der Waals surface area contributed by atoms with Crippen molar-refractivity contribution in [1.29, 1.82) is 0 Å². The van der Waals surface area contributed by atoms with Gasteiger partial charge >= 0.3 is 0 Å². The minimum absolute atomic E-state index is 0.00823. The average molecular weight is 499 g/mol. The van der Waals surface area contributed by atoms with E-state index in [2.05, 4.69) is 93.3 Å². The van der Waals surface area contributed by atoms with Gasteiger partial charge in [-0.2, -0.15) is 0 Å². The number of fused-ring (bicyclic) bond motifs is 1. The third-order valence-electron chi connectivity index (χ3n) is 8.70. The number of ether oxygens (including phenoxy) is 2. The molecule has 0 aromatic heterocycles. The van der Waals surface area contributed by atoms with Gasteiger partial charge in [-0.25, -0.2) is 0 Å². The van der Waals surface area contributed by atoms with Crippen molar-refractivity contribution >= 4 is 5.69 Å². The number of benzene rings is 3. The summed E-state index contributed by atoms with van der Waals surface area (Å²) in [5.41, 5.74) is 14.5. The van der Waals surface area contributed by atoms with Crippen LogP contribution >= 0.6 is 0 Å². The summed E-state index contributed by atoms with van der Waals surface area (Å²) < 4.78 is 13.2. The highest BCUT2D eigenvalue weighted by Crippen LogP contribution is 2.44. The summed E-state index contributed by atoms with van der Waals surface area (Å²) in [7, 11) is 0. The minimum Gasteiger partial charge on any atom is -0.487 e. The lowest BCUT2D eigenvalue weighted by atomic mass is 9.90. The highest BCUT2D eigenvalue weighted by molar-refractivity contribution is 5.66. The van der Waals surface area contributed by atoms with E-state index in [0.717, 1.165) is 56.1 Å². The monoisotopic (exact) mass is 498 g/mol. The van der Waals surface area contributed by atoms with Gasteiger partial charge in [0.2, 0.25) is 0 Å². The predicted octanol–water partition coefficient (Wildman–Crippen LogP) is 6.80. The van der Waals surface area contributed by atoms with Crippen molar-refractivity contribution in [3.8, 4) is 5.75 Å². The first kappa shape index (κ1) is 25.8. The van der Waals surface area contributed by atoms with E-state index >= 15 is 0 Å². The number of rotatable bonds is 8. The SMILES string of the molecule is Cc1c(C)c2c(c(C)c1N)CC(C)(CCN1CCC(COC(c3ccccc3)c3ccccc3)CC1)O2. The number of anilines is 1. The molecule has 0 spiro atoms. The van der Waals surface area contributed by atoms with E-state index < -0.39 is 0 Å². The van der Waals surface area contributed by atoms with Crippen LogP contribution in [-0.2, 0) is 11.2 Å². The molecule has 2 N–H and O–H groups in total. The molecule has 0 bridgehead atoms. The molecule has 2 heterocycles. The number of nitrogens with zero attached hydrogens (tertiary/aromatic N) is 1. The average Bonchev–Trinajstić information content (AvgIpc) is 3.30. The number of nitrogen functional groups attached to an aromatic ring is 1. The van der Waals surface area contributed by atoms with Gasteiger partial charge in [0.1, 0.15) is 17.5 Å². The lowest BCUT2D eigenvalue weighted by molar-refractivity contribution is 0.0261. The van der Waals surface area contributed by atoms with Crippen molar-refractivity contribution in [2.45, 2.75) is 65.1 Å². The van der Waals surface area contributed by atoms with Crippen molar-refractivity contribution in [2.75, 3.05) is 32.0 Å². The quantitative estimate of drug-likeness (QED) is 0.347. The molecule has 37 heavy (non-hydrogen) atoms. The molecular formula is C33H42N2O2. The molecule has 4 nitrogen and oxygen atoms in total. The number of likely N-dealkylation sites (tertiary alicyclic amines) is 1. The molecule has 2 aliphatic heterocycles. The summed E-state index contributed by atoms with van der Waals surface area (Å²) in [6, 6.07) is 21.2. The fourth-order valence-corrected chi connectivity index (χ4v) is 6.00. The van der Waals surface area contributed by atoms with Crippen molar-refractivity contribution in [3.63, 3.8) is 0 Å². The molecule has 0 radical (unpaired) electrons. The summed E-state index contributed by atoms with van der Waals surface area (Å²) in [5, 5.41) is 0. The normalized spacial score (nSPS) is 20.2. The van der Waals surface area contributed by atoms with Crippen LogP contribution in [0.4, 0.5) is 5.69 Å². The van der Waals surface area contributed by atoms with E-state index in [1.54, 1.807) is 0 Å². The Morgan fingerprint density at radius 1 is 0.919 bits per heavy atom. The Morgan fingerprint density at radius 3 is 2.11 bits per heavy atom. The van der Waals surface area contributed by atoms with Crippen LogP contribution in [0.1, 0.15) is 65.7 Å². The smallest absolute Gasteiger partial charge is 0.127 e. The Balaban J connectivity index is 1.13. The molecule has 2 aliphatic rings. The largest absolute Gasteiger partial charge is 0.487 e. The number of nitrogens with two attached hydrogens (primary N) is 1. The van der Waals surface area contributed by atoms with Crippen LogP contribution in [0.2, 0.25) is 0 Å².